The number of likely N-dealkylation sites (tertiary alicyclic amines) is 1. The van der Waals surface area contributed by atoms with Crippen LogP contribution in [0.15, 0.2) is 60.7 Å². The van der Waals surface area contributed by atoms with Gasteiger partial charge in [0.05, 0.1) is 13.0 Å². The van der Waals surface area contributed by atoms with Crippen molar-refractivity contribution in [1.29, 1.82) is 0 Å². The van der Waals surface area contributed by atoms with E-state index in [2.05, 4.69) is 10.7 Å². The van der Waals surface area contributed by atoms with Crippen LogP contribution in [0.1, 0.15) is 31.7 Å². The largest absolute Gasteiger partial charge is 0.493 e. The predicted molar refractivity (Wildman–Crippen MR) is 123 cm³/mol. The lowest BCUT2D eigenvalue weighted by atomic mass is 9.92. The van der Waals surface area contributed by atoms with Crippen LogP contribution in [-0.4, -0.2) is 53.4 Å². The molecular formula is C25H28N4O5. The van der Waals surface area contributed by atoms with E-state index in [1.165, 1.54) is 0 Å². The van der Waals surface area contributed by atoms with Crippen LogP contribution >= 0.6 is 0 Å². The Morgan fingerprint density at radius 1 is 1.03 bits per heavy atom. The van der Waals surface area contributed by atoms with Gasteiger partial charge in [-0.25, -0.2) is 4.79 Å². The summed E-state index contributed by atoms with van der Waals surface area (Å²) in [6.45, 7) is 2.77. The number of nitrogens with one attached hydrogen (secondary N) is 2. The number of hydrogen-bond donors (Lipinski definition) is 2. The number of carbonyl (C=O) groups is 4. The van der Waals surface area contributed by atoms with E-state index in [0.717, 1.165) is 10.8 Å². The maximum absolute atomic E-state index is 13.0. The highest BCUT2D eigenvalue weighted by atomic mass is 16.5. The van der Waals surface area contributed by atoms with Crippen molar-refractivity contribution in [3.63, 3.8) is 0 Å². The lowest BCUT2D eigenvalue weighted by Gasteiger charge is -2.32. The minimum atomic E-state index is -1.25. The molecule has 2 aromatic rings. The SMILES string of the molecule is CC1(c2ccccc2)NC(=O)N(NC(=O)C2CCN(C(=O)CCOc3ccccc3)CC2)C1=O. The molecule has 2 fully saturated rings. The molecule has 9 heteroatoms. The zero-order chi connectivity index (χ0) is 24.1. The Morgan fingerprint density at radius 3 is 2.29 bits per heavy atom. The van der Waals surface area contributed by atoms with Gasteiger partial charge in [0.1, 0.15) is 11.3 Å². The van der Waals surface area contributed by atoms with Gasteiger partial charge in [0, 0.05) is 19.0 Å². The van der Waals surface area contributed by atoms with Crippen molar-refractivity contribution >= 4 is 23.8 Å². The summed E-state index contributed by atoms with van der Waals surface area (Å²) >= 11 is 0. The first-order valence-electron chi connectivity index (χ1n) is 11.4. The first kappa shape index (κ1) is 23.3. The third kappa shape index (κ3) is 4.88. The molecule has 9 nitrogen and oxygen atoms in total. The van der Waals surface area contributed by atoms with E-state index >= 15 is 0 Å². The first-order chi connectivity index (χ1) is 16.4. The second-order valence-electron chi connectivity index (χ2n) is 8.60. The standard InChI is InChI=1S/C25H28N4O5/c1-25(19-8-4-2-5-9-19)23(32)29(24(33)26-25)27-22(31)18-12-15-28(16-13-18)21(30)14-17-34-20-10-6-3-7-11-20/h2-11,18H,12-17H2,1H3,(H,26,33)(H,27,31). The van der Waals surface area contributed by atoms with Crippen molar-refractivity contribution in [2.75, 3.05) is 19.7 Å². The third-order valence-corrected chi connectivity index (χ3v) is 6.31. The molecule has 0 spiro atoms. The molecule has 0 radical (unpaired) electrons. The fraction of sp³-hybridized carbons (Fsp3) is 0.360. The Morgan fingerprint density at radius 2 is 1.65 bits per heavy atom. The maximum atomic E-state index is 13.0. The number of piperidine rings is 1. The number of hydrazine groups is 1. The molecule has 2 aromatic carbocycles. The highest BCUT2D eigenvalue weighted by Crippen LogP contribution is 2.28. The zero-order valence-electron chi connectivity index (χ0n) is 19.0. The van der Waals surface area contributed by atoms with Gasteiger partial charge in [-0.1, -0.05) is 48.5 Å². The summed E-state index contributed by atoms with van der Waals surface area (Å²) < 4.78 is 5.58. The molecule has 0 saturated carbocycles. The smallest absolute Gasteiger partial charge is 0.344 e. The molecule has 5 amide bonds. The average Bonchev–Trinajstić information content (AvgIpc) is 3.09. The summed E-state index contributed by atoms with van der Waals surface area (Å²) in [6, 6.07) is 17.5. The van der Waals surface area contributed by atoms with Crippen LogP contribution in [0.5, 0.6) is 5.75 Å². The molecule has 2 aliphatic heterocycles. The van der Waals surface area contributed by atoms with E-state index in [0.29, 0.717) is 31.5 Å². The Balaban J connectivity index is 1.25. The Kier molecular flexibility index (Phi) is 6.81. The molecule has 0 bridgehead atoms. The number of benzene rings is 2. The van der Waals surface area contributed by atoms with Gasteiger partial charge >= 0.3 is 6.03 Å². The molecule has 0 aromatic heterocycles. The number of para-hydroxylation sites is 1. The number of rotatable bonds is 7. The number of nitrogens with zero attached hydrogens (tertiary/aromatic N) is 2. The molecule has 2 aliphatic rings. The second-order valence-corrected chi connectivity index (χ2v) is 8.60. The van der Waals surface area contributed by atoms with Crippen LogP contribution in [0, 0.1) is 5.92 Å². The zero-order valence-corrected chi connectivity index (χ0v) is 19.0. The van der Waals surface area contributed by atoms with E-state index in [1.54, 1.807) is 36.1 Å². The van der Waals surface area contributed by atoms with Crippen LogP contribution in [0.3, 0.4) is 0 Å². The van der Waals surface area contributed by atoms with Gasteiger partial charge in [0.25, 0.3) is 5.91 Å². The van der Waals surface area contributed by atoms with E-state index in [9.17, 15) is 19.2 Å². The van der Waals surface area contributed by atoms with Crippen LogP contribution in [0.2, 0.25) is 0 Å². The number of hydrogen-bond acceptors (Lipinski definition) is 5. The van der Waals surface area contributed by atoms with E-state index in [4.69, 9.17) is 4.74 Å². The predicted octanol–water partition coefficient (Wildman–Crippen LogP) is 2.19. The van der Waals surface area contributed by atoms with Gasteiger partial charge in [0.15, 0.2) is 0 Å². The van der Waals surface area contributed by atoms with E-state index in [1.807, 2.05) is 36.4 Å². The molecule has 1 unspecified atom stereocenters. The molecule has 2 N–H and O–H groups in total. The minimum absolute atomic E-state index is 0.0254. The molecule has 2 heterocycles. The summed E-state index contributed by atoms with van der Waals surface area (Å²) in [4.78, 5) is 52.4. The molecule has 0 aliphatic carbocycles. The monoisotopic (exact) mass is 464 g/mol. The molecule has 178 valence electrons. The van der Waals surface area contributed by atoms with Crippen LogP contribution in [0.4, 0.5) is 4.79 Å². The highest BCUT2D eigenvalue weighted by Gasteiger charge is 2.50. The highest BCUT2D eigenvalue weighted by molar-refractivity contribution is 6.08. The maximum Gasteiger partial charge on any atom is 0.344 e. The average molecular weight is 465 g/mol. The summed E-state index contributed by atoms with van der Waals surface area (Å²) in [5.74, 6) is -0.644. The van der Waals surface area contributed by atoms with Gasteiger partial charge in [-0.3, -0.25) is 19.8 Å². The van der Waals surface area contributed by atoms with Crippen molar-refractivity contribution < 1.29 is 23.9 Å². The first-order valence-corrected chi connectivity index (χ1v) is 11.4. The Hall–Kier alpha value is -3.88. The molecule has 4 rings (SSSR count). The topological polar surface area (TPSA) is 108 Å². The lowest BCUT2D eigenvalue weighted by Crippen LogP contribution is -2.51. The number of amides is 5. The van der Waals surface area contributed by atoms with Gasteiger partial charge in [0.2, 0.25) is 11.8 Å². The summed E-state index contributed by atoms with van der Waals surface area (Å²) in [5.41, 5.74) is 1.86. The lowest BCUT2D eigenvalue weighted by molar-refractivity contribution is -0.142. The summed E-state index contributed by atoms with van der Waals surface area (Å²) in [6.07, 6.45) is 1.17. The Labute approximate surface area is 198 Å². The van der Waals surface area contributed by atoms with Gasteiger partial charge < -0.3 is 15.0 Å². The second kappa shape index (κ2) is 9.94. The quantitative estimate of drug-likeness (QED) is 0.611. The fourth-order valence-corrected chi connectivity index (χ4v) is 4.23. The van der Waals surface area contributed by atoms with Gasteiger partial charge in [-0.15, -0.1) is 0 Å². The molecular weight excluding hydrogens is 436 g/mol. The number of carbonyl (C=O) groups excluding carboxylic acids is 4. The van der Waals surface area contributed by atoms with Gasteiger partial charge in [-0.05, 0) is 37.5 Å². The van der Waals surface area contributed by atoms with Crippen LogP contribution in [0.25, 0.3) is 0 Å². The van der Waals surface area contributed by atoms with Crippen molar-refractivity contribution in [2.24, 2.45) is 5.92 Å². The van der Waals surface area contributed by atoms with Gasteiger partial charge in [-0.2, -0.15) is 5.01 Å². The Bertz CT molecular complexity index is 1050. The number of imide groups is 1. The summed E-state index contributed by atoms with van der Waals surface area (Å²) in [7, 11) is 0. The van der Waals surface area contributed by atoms with Crippen LogP contribution < -0.4 is 15.5 Å². The number of ether oxygens (including phenoxy) is 1. The normalized spacial score (nSPS) is 20.7. The summed E-state index contributed by atoms with van der Waals surface area (Å²) in [5, 5.41) is 3.42. The van der Waals surface area contributed by atoms with Crippen molar-refractivity contribution in [1.82, 2.24) is 20.7 Å². The molecule has 34 heavy (non-hydrogen) atoms. The molecule has 1 atom stereocenters. The van der Waals surface area contributed by atoms with Crippen molar-refractivity contribution in [3.05, 3.63) is 66.2 Å². The third-order valence-electron chi connectivity index (χ3n) is 6.31. The fourth-order valence-electron chi connectivity index (χ4n) is 4.23. The van der Waals surface area contributed by atoms with Crippen molar-refractivity contribution in [2.45, 2.75) is 31.7 Å². The van der Waals surface area contributed by atoms with E-state index in [-0.39, 0.29) is 18.9 Å². The molecule has 2 saturated heterocycles. The number of urea groups is 1. The van der Waals surface area contributed by atoms with Crippen LogP contribution in [-0.2, 0) is 19.9 Å². The minimum Gasteiger partial charge on any atom is -0.493 e. The van der Waals surface area contributed by atoms with E-state index < -0.39 is 29.3 Å². The van der Waals surface area contributed by atoms with Crippen molar-refractivity contribution in [3.8, 4) is 5.75 Å².